The molecule has 2 aliphatic rings. The number of benzene rings is 1. The maximum atomic E-state index is 6.04. The summed E-state index contributed by atoms with van der Waals surface area (Å²) in [6.07, 6.45) is 6.60. The first-order valence-electron chi connectivity index (χ1n) is 6.88. The Hall–Kier alpha value is -0.860. The van der Waals surface area contributed by atoms with Crippen LogP contribution >= 0.6 is 0 Å². The first-order valence-corrected chi connectivity index (χ1v) is 6.88. The average molecular weight is 231 g/mol. The molecule has 2 heteroatoms. The van der Waals surface area contributed by atoms with Crippen LogP contribution in [0.5, 0.6) is 0 Å². The largest absolute Gasteiger partial charge is 0.372 e. The third-order valence-electron chi connectivity index (χ3n) is 3.99. The van der Waals surface area contributed by atoms with Crippen molar-refractivity contribution in [2.24, 2.45) is 0 Å². The number of hydrogen-bond donors (Lipinski definition) is 1. The first-order chi connectivity index (χ1) is 8.45. The highest BCUT2D eigenvalue weighted by Gasteiger charge is 2.28. The van der Waals surface area contributed by atoms with E-state index >= 15 is 0 Å². The second kappa shape index (κ2) is 5.19. The van der Waals surface area contributed by atoms with Crippen molar-refractivity contribution >= 4 is 0 Å². The van der Waals surface area contributed by atoms with E-state index in [-0.39, 0.29) is 6.10 Å². The Kier molecular flexibility index (Phi) is 3.44. The van der Waals surface area contributed by atoms with E-state index in [4.69, 9.17) is 4.74 Å². The minimum Gasteiger partial charge on any atom is -0.372 e. The van der Waals surface area contributed by atoms with Crippen LogP contribution in [0.25, 0.3) is 0 Å². The van der Waals surface area contributed by atoms with Gasteiger partial charge in [-0.25, -0.2) is 0 Å². The van der Waals surface area contributed by atoms with Crippen LogP contribution < -0.4 is 5.32 Å². The Morgan fingerprint density at radius 2 is 2.06 bits per heavy atom. The van der Waals surface area contributed by atoms with Gasteiger partial charge in [-0.2, -0.15) is 0 Å². The maximum absolute atomic E-state index is 6.04. The minimum atomic E-state index is 0.276. The minimum absolute atomic E-state index is 0.276. The Morgan fingerprint density at radius 1 is 1.12 bits per heavy atom. The second-order valence-corrected chi connectivity index (χ2v) is 5.15. The lowest BCUT2D eigenvalue weighted by atomic mass is 9.91. The van der Waals surface area contributed by atoms with E-state index in [2.05, 4.69) is 29.6 Å². The van der Waals surface area contributed by atoms with Gasteiger partial charge < -0.3 is 10.1 Å². The summed E-state index contributed by atoms with van der Waals surface area (Å²) in [5.41, 5.74) is 2.90. The molecule has 2 aliphatic heterocycles. The summed E-state index contributed by atoms with van der Waals surface area (Å²) in [5, 5.41) is 3.67. The van der Waals surface area contributed by atoms with E-state index in [9.17, 15) is 0 Å². The van der Waals surface area contributed by atoms with Crippen LogP contribution in [-0.2, 0) is 11.2 Å². The summed E-state index contributed by atoms with van der Waals surface area (Å²) in [6, 6.07) is 9.28. The highest BCUT2D eigenvalue weighted by molar-refractivity contribution is 5.32. The standard InChI is InChI=1S/C15H21NO/c1-2-8-14(16-10-5-1)15-13-7-4-3-6-12(13)9-11-17-15/h3-4,6-7,14-16H,1-2,5,8-11H2. The normalized spacial score (nSPS) is 29.4. The number of rotatable bonds is 1. The predicted molar refractivity (Wildman–Crippen MR) is 69.1 cm³/mol. The molecule has 2 heterocycles. The van der Waals surface area contributed by atoms with Gasteiger partial charge in [0.25, 0.3) is 0 Å². The fourth-order valence-corrected chi connectivity index (χ4v) is 3.07. The highest BCUT2D eigenvalue weighted by atomic mass is 16.5. The average Bonchev–Trinajstić information content (AvgIpc) is 2.67. The van der Waals surface area contributed by atoms with Gasteiger partial charge in [-0.3, -0.25) is 0 Å². The van der Waals surface area contributed by atoms with Crippen molar-refractivity contribution in [3.05, 3.63) is 35.4 Å². The zero-order chi connectivity index (χ0) is 11.5. The lowest BCUT2D eigenvalue weighted by Gasteiger charge is -2.32. The zero-order valence-electron chi connectivity index (χ0n) is 10.3. The molecule has 1 aromatic carbocycles. The highest BCUT2D eigenvalue weighted by Crippen LogP contribution is 2.32. The Labute approximate surface area is 103 Å². The maximum Gasteiger partial charge on any atom is 0.0980 e. The molecule has 0 saturated carbocycles. The molecule has 0 radical (unpaired) electrons. The van der Waals surface area contributed by atoms with Gasteiger partial charge in [0, 0.05) is 6.04 Å². The van der Waals surface area contributed by atoms with Crippen molar-refractivity contribution in [1.29, 1.82) is 0 Å². The van der Waals surface area contributed by atoms with E-state index in [1.54, 1.807) is 0 Å². The summed E-state index contributed by atoms with van der Waals surface area (Å²) in [6.45, 7) is 2.02. The van der Waals surface area contributed by atoms with Gasteiger partial charge in [0.15, 0.2) is 0 Å². The smallest absolute Gasteiger partial charge is 0.0980 e. The topological polar surface area (TPSA) is 21.3 Å². The molecule has 92 valence electrons. The Bertz CT molecular complexity index is 369. The molecule has 3 rings (SSSR count). The van der Waals surface area contributed by atoms with Crippen LogP contribution in [0.4, 0.5) is 0 Å². The van der Waals surface area contributed by atoms with E-state index in [0.717, 1.165) is 19.6 Å². The van der Waals surface area contributed by atoms with Crippen molar-refractivity contribution < 1.29 is 4.74 Å². The number of nitrogens with one attached hydrogen (secondary N) is 1. The van der Waals surface area contributed by atoms with Gasteiger partial charge in [0.1, 0.15) is 0 Å². The number of ether oxygens (including phenoxy) is 1. The molecule has 1 fully saturated rings. The van der Waals surface area contributed by atoms with E-state index < -0.39 is 0 Å². The fourth-order valence-electron chi connectivity index (χ4n) is 3.07. The number of hydrogen-bond acceptors (Lipinski definition) is 2. The SMILES string of the molecule is c1ccc2c(c1)CCOC2C1CCCCCN1. The van der Waals surface area contributed by atoms with Crippen molar-refractivity contribution in [3.63, 3.8) is 0 Å². The van der Waals surface area contributed by atoms with Gasteiger partial charge in [-0.15, -0.1) is 0 Å². The van der Waals surface area contributed by atoms with Gasteiger partial charge >= 0.3 is 0 Å². The first kappa shape index (κ1) is 11.2. The van der Waals surface area contributed by atoms with E-state index in [1.165, 1.54) is 36.8 Å². The molecule has 2 unspecified atom stereocenters. The third-order valence-corrected chi connectivity index (χ3v) is 3.99. The number of fused-ring (bicyclic) bond motifs is 1. The molecule has 0 aliphatic carbocycles. The van der Waals surface area contributed by atoms with Crippen molar-refractivity contribution in [3.8, 4) is 0 Å². The molecular formula is C15H21NO. The van der Waals surface area contributed by atoms with Crippen LogP contribution in [0.1, 0.15) is 42.9 Å². The molecule has 0 bridgehead atoms. The fraction of sp³-hybridized carbons (Fsp3) is 0.600. The molecule has 0 amide bonds. The van der Waals surface area contributed by atoms with Crippen LogP contribution in [-0.4, -0.2) is 19.2 Å². The van der Waals surface area contributed by atoms with Crippen LogP contribution in [0.2, 0.25) is 0 Å². The molecule has 0 spiro atoms. The summed E-state index contributed by atoms with van der Waals surface area (Å²) in [5.74, 6) is 0. The van der Waals surface area contributed by atoms with Gasteiger partial charge in [0.2, 0.25) is 0 Å². The Morgan fingerprint density at radius 3 is 3.06 bits per heavy atom. The van der Waals surface area contributed by atoms with Gasteiger partial charge in [0.05, 0.1) is 12.7 Å². The molecule has 1 aromatic rings. The van der Waals surface area contributed by atoms with Gasteiger partial charge in [-0.1, -0.05) is 37.1 Å². The van der Waals surface area contributed by atoms with Crippen molar-refractivity contribution in [2.75, 3.05) is 13.2 Å². The van der Waals surface area contributed by atoms with Gasteiger partial charge in [-0.05, 0) is 36.9 Å². The van der Waals surface area contributed by atoms with E-state index in [0.29, 0.717) is 6.04 Å². The lowest BCUT2D eigenvalue weighted by Crippen LogP contribution is -2.37. The quantitative estimate of drug-likeness (QED) is 0.802. The third kappa shape index (κ3) is 2.38. The monoisotopic (exact) mass is 231 g/mol. The van der Waals surface area contributed by atoms with Crippen LogP contribution in [0.15, 0.2) is 24.3 Å². The lowest BCUT2D eigenvalue weighted by molar-refractivity contribution is 0.0144. The molecular weight excluding hydrogens is 210 g/mol. The molecule has 17 heavy (non-hydrogen) atoms. The van der Waals surface area contributed by atoms with E-state index in [1.807, 2.05) is 0 Å². The summed E-state index contributed by atoms with van der Waals surface area (Å²) in [7, 11) is 0. The zero-order valence-corrected chi connectivity index (χ0v) is 10.3. The van der Waals surface area contributed by atoms with Crippen molar-refractivity contribution in [1.82, 2.24) is 5.32 Å². The molecule has 2 atom stereocenters. The molecule has 1 saturated heterocycles. The predicted octanol–water partition coefficient (Wildman–Crippen LogP) is 2.83. The molecule has 1 N–H and O–H groups in total. The molecule has 2 nitrogen and oxygen atoms in total. The Balaban J connectivity index is 1.83. The second-order valence-electron chi connectivity index (χ2n) is 5.15. The molecule has 0 aromatic heterocycles. The summed E-state index contributed by atoms with van der Waals surface area (Å²) in [4.78, 5) is 0. The van der Waals surface area contributed by atoms with Crippen molar-refractivity contribution in [2.45, 2.75) is 44.2 Å². The van der Waals surface area contributed by atoms with Crippen LogP contribution in [0.3, 0.4) is 0 Å². The summed E-state index contributed by atoms with van der Waals surface area (Å²) < 4.78 is 6.04. The van der Waals surface area contributed by atoms with Crippen LogP contribution in [0, 0.1) is 0 Å². The summed E-state index contributed by atoms with van der Waals surface area (Å²) >= 11 is 0.